The summed E-state index contributed by atoms with van der Waals surface area (Å²) in [5.41, 5.74) is 0.832. The second-order valence-corrected chi connectivity index (χ2v) is 6.25. The molecule has 1 aromatic carbocycles. The Morgan fingerprint density at radius 2 is 1.79 bits per heavy atom. The molecule has 0 unspecified atom stereocenters. The second kappa shape index (κ2) is 8.91. The number of carbonyl (C=O) groups excluding carboxylic acids is 1. The van der Waals surface area contributed by atoms with Crippen LogP contribution >= 0.6 is 0 Å². The third-order valence-electron chi connectivity index (χ3n) is 4.20. The van der Waals surface area contributed by atoms with Gasteiger partial charge in [-0.05, 0) is 29.2 Å². The van der Waals surface area contributed by atoms with Crippen molar-refractivity contribution in [2.75, 3.05) is 11.9 Å². The molecule has 0 aliphatic carbocycles. The van der Waals surface area contributed by atoms with Crippen LogP contribution in [0.15, 0.2) is 28.9 Å². The molecule has 29 heavy (non-hydrogen) atoms. The highest BCUT2D eigenvalue weighted by atomic mass is 16.7. The molecule has 3 N–H and O–H groups in total. The highest BCUT2D eigenvalue weighted by Gasteiger charge is 2.19. The van der Waals surface area contributed by atoms with E-state index in [-0.39, 0.29) is 29.4 Å². The van der Waals surface area contributed by atoms with Gasteiger partial charge in [-0.15, -0.1) is 4.73 Å². The summed E-state index contributed by atoms with van der Waals surface area (Å²) >= 11 is 0. The predicted octanol–water partition coefficient (Wildman–Crippen LogP) is 2.36. The molecule has 2 heterocycles. The molecule has 2 aromatic heterocycles. The van der Waals surface area contributed by atoms with Crippen molar-refractivity contribution in [3.63, 3.8) is 0 Å². The fraction of sp³-hybridized carbons (Fsp3) is 0.353. The zero-order valence-corrected chi connectivity index (χ0v) is 15.3. The number of unbranched alkanes of at least 4 members (excludes halogenated alkanes) is 3. The van der Waals surface area contributed by atoms with E-state index in [1.807, 2.05) is 0 Å². The van der Waals surface area contributed by atoms with Gasteiger partial charge in [-0.3, -0.25) is 10.1 Å². The number of benzene rings is 1. The van der Waals surface area contributed by atoms with Gasteiger partial charge in [0.15, 0.2) is 5.52 Å². The van der Waals surface area contributed by atoms with Crippen molar-refractivity contribution >= 4 is 28.4 Å². The van der Waals surface area contributed by atoms with Crippen molar-refractivity contribution in [2.45, 2.75) is 32.1 Å². The van der Waals surface area contributed by atoms with E-state index in [1.165, 1.54) is 18.2 Å². The van der Waals surface area contributed by atoms with E-state index >= 15 is 0 Å². The molecule has 0 radical (unpaired) electrons. The third kappa shape index (κ3) is 4.72. The molecule has 12 heteroatoms. The Kier molecular flexibility index (Phi) is 6.12. The van der Waals surface area contributed by atoms with E-state index in [0.29, 0.717) is 28.9 Å². The van der Waals surface area contributed by atoms with Gasteiger partial charge in [-0.1, -0.05) is 12.8 Å². The van der Waals surface area contributed by atoms with Crippen LogP contribution in [0.1, 0.15) is 32.1 Å². The van der Waals surface area contributed by atoms with Crippen LogP contribution in [0.2, 0.25) is 0 Å². The Morgan fingerprint density at radius 1 is 1.10 bits per heavy atom. The predicted molar refractivity (Wildman–Crippen MR) is 99.4 cm³/mol. The summed E-state index contributed by atoms with van der Waals surface area (Å²) in [6.45, 7) is 0.606. The lowest BCUT2D eigenvalue weighted by molar-refractivity contribution is -0.383. The van der Waals surface area contributed by atoms with Crippen LogP contribution in [0.25, 0.3) is 11.0 Å². The molecule has 154 valence electrons. The zero-order chi connectivity index (χ0) is 20.8. The van der Waals surface area contributed by atoms with Crippen LogP contribution in [0.3, 0.4) is 0 Å². The molecule has 12 nitrogen and oxygen atoms in total. The van der Waals surface area contributed by atoms with E-state index in [4.69, 9.17) is 4.84 Å². The summed E-state index contributed by atoms with van der Waals surface area (Å²) in [7, 11) is 0. The number of nitro groups is 1. The second-order valence-electron chi connectivity index (χ2n) is 6.25. The Bertz CT molecular complexity index is 993. The first kappa shape index (κ1) is 19.9. The standard InChI is InChI=1S/C17H19N5O7/c23-13-8-9-14(24)21(13)28-15(25)5-3-1-2-4-10-18-11-6-7-12(22(26)27)17-16(11)19-29-20-17/h6-9,18,23-24H,1-5,10H2. The first-order valence-electron chi connectivity index (χ1n) is 8.91. The average Bonchev–Trinajstić information content (AvgIpc) is 3.29. The monoisotopic (exact) mass is 405 g/mol. The van der Waals surface area contributed by atoms with Crippen molar-refractivity contribution in [1.29, 1.82) is 0 Å². The number of nitrogens with zero attached hydrogens (tertiary/aromatic N) is 4. The molecular formula is C17H19N5O7. The normalized spacial score (nSPS) is 10.9. The molecule has 0 atom stereocenters. The maximum absolute atomic E-state index is 11.7. The number of anilines is 1. The maximum atomic E-state index is 11.7. The number of hydrogen-bond donors (Lipinski definition) is 3. The highest BCUT2D eigenvalue weighted by Crippen LogP contribution is 2.28. The lowest BCUT2D eigenvalue weighted by Gasteiger charge is -2.07. The van der Waals surface area contributed by atoms with Crippen LogP contribution in [0.4, 0.5) is 11.4 Å². The number of nitro benzene ring substituents is 1. The van der Waals surface area contributed by atoms with Gasteiger partial charge in [0.05, 0.1) is 10.6 Å². The van der Waals surface area contributed by atoms with Crippen molar-refractivity contribution < 1.29 is 29.4 Å². The maximum Gasteiger partial charge on any atom is 0.333 e. The van der Waals surface area contributed by atoms with Crippen molar-refractivity contribution in [1.82, 2.24) is 15.0 Å². The fourth-order valence-electron chi connectivity index (χ4n) is 2.76. The molecule has 0 saturated heterocycles. The highest BCUT2D eigenvalue weighted by molar-refractivity contribution is 5.93. The van der Waals surface area contributed by atoms with Gasteiger partial charge in [0, 0.05) is 31.2 Å². The number of carbonyl (C=O) groups is 1. The SMILES string of the molecule is O=C(CCCCCCNc1ccc([N+](=O)[O-])c2nonc12)On1c(O)ccc1O. The largest absolute Gasteiger partial charge is 0.492 e. The molecule has 0 bridgehead atoms. The number of aromatic hydroxyl groups is 2. The summed E-state index contributed by atoms with van der Waals surface area (Å²) in [6, 6.07) is 5.33. The van der Waals surface area contributed by atoms with E-state index in [2.05, 4.69) is 20.3 Å². The summed E-state index contributed by atoms with van der Waals surface area (Å²) < 4.78 is 5.27. The molecule has 0 amide bonds. The van der Waals surface area contributed by atoms with Crippen LogP contribution in [0, 0.1) is 10.1 Å². The lowest BCUT2D eigenvalue weighted by Crippen LogP contribution is -2.18. The van der Waals surface area contributed by atoms with Gasteiger partial charge in [-0.2, -0.15) is 0 Å². The first-order chi connectivity index (χ1) is 14.0. The van der Waals surface area contributed by atoms with Gasteiger partial charge in [0.2, 0.25) is 17.3 Å². The number of hydrogen-bond acceptors (Lipinski definition) is 10. The number of non-ortho nitro benzene ring substituents is 1. The Morgan fingerprint density at radius 3 is 2.52 bits per heavy atom. The number of rotatable bonds is 10. The van der Waals surface area contributed by atoms with Crippen LogP contribution in [-0.2, 0) is 4.79 Å². The Labute approximate surface area is 163 Å². The van der Waals surface area contributed by atoms with E-state index in [0.717, 1.165) is 19.3 Å². The summed E-state index contributed by atoms with van der Waals surface area (Å²) in [5.74, 6) is -1.27. The molecular weight excluding hydrogens is 386 g/mol. The topological polar surface area (TPSA) is 166 Å². The van der Waals surface area contributed by atoms with Gasteiger partial charge >= 0.3 is 11.7 Å². The van der Waals surface area contributed by atoms with E-state index in [1.54, 1.807) is 6.07 Å². The summed E-state index contributed by atoms with van der Waals surface area (Å²) in [4.78, 5) is 27.0. The average molecular weight is 405 g/mol. The smallest absolute Gasteiger partial charge is 0.333 e. The summed E-state index contributed by atoms with van der Waals surface area (Å²) in [5, 5.41) is 40.2. The lowest BCUT2D eigenvalue weighted by atomic mass is 10.1. The molecule has 0 spiro atoms. The molecule has 0 fully saturated rings. The molecule has 3 rings (SSSR count). The van der Waals surface area contributed by atoms with Crippen molar-refractivity contribution in [3.8, 4) is 11.8 Å². The number of aromatic nitrogens is 3. The Balaban J connectivity index is 1.36. The van der Waals surface area contributed by atoms with Gasteiger partial charge < -0.3 is 20.4 Å². The first-order valence-corrected chi connectivity index (χ1v) is 8.91. The van der Waals surface area contributed by atoms with Gasteiger partial charge in [-0.25, -0.2) is 9.42 Å². The van der Waals surface area contributed by atoms with Crippen LogP contribution in [-0.4, -0.2) is 42.7 Å². The van der Waals surface area contributed by atoms with Gasteiger partial charge in [0.1, 0.15) is 0 Å². The summed E-state index contributed by atoms with van der Waals surface area (Å²) in [6.07, 6.45) is 3.17. The van der Waals surface area contributed by atoms with Gasteiger partial charge in [0.25, 0.3) is 0 Å². The molecule has 0 aliphatic rings. The van der Waals surface area contributed by atoms with Crippen molar-refractivity contribution in [3.05, 3.63) is 34.4 Å². The Hall–Kier alpha value is -3.83. The van der Waals surface area contributed by atoms with Crippen LogP contribution in [0.5, 0.6) is 11.8 Å². The van der Waals surface area contributed by atoms with E-state index in [9.17, 15) is 25.1 Å². The fourth-order valence-corrected chi connectivity index (χ4v) is 2.76. The molecule has 0 aliphatic heterocycles. The minimum Gasteiger partial charge on any atom is -0.492 e. The zero-order valence-electron chi connectivity index (χ0n) is 15.3. The number of fused-ring (bicyclic) bond motifs is 1. The number of nitrogens with one attached hydrogen (secondary N) is 1. The minimum absolute atomic E-state index is 0.0956. The van der Waals surface area contributed by atoms with Crippen LogP contribution < -0.4 is 10.2 Å². The van der Waals surface area contributed by atoms with E-state index < -0.39 is 10.9 Å². The molecule has 0 saturated carbocycles. The van der Waals surface area contributed by atoms with Crippen molar-refractivity contribution in [2.24, 2.45) is 0 Å². The third-order valence-corrected chi connectivity index (χ3v) is 4.20. The minimum atomic E-state index is -0.559. The quantitative estimate of drug-likeness (QED) is 0.259. The molecule has 3 aromatic rings.